The van der Waals surface area contributed by atoms with Crippen molar-refractivity contribution in [2.45, 2.75) is 87.9 Å². The highest BCUT2D eigenvalue weighted by molar-refractivity contribution is 5.88. The van der Waals surface area contributed by atoms with E-state index in [1.54, 1.807) is 0 Å². The van der Waals surface area contributed by atoms with Crippen molar-refractivity contribution in [3.05, 3.63) is 126 Å². The molecular weight excluding hydrogens is 681 g/mol. The summed E-state index contributed by atoms with van der Waals surface area (Å²) in [6, 6.07) is 42.0. The van der Waals surface area contributed by atoms with E-state index in [1.165, 1.54) is 88.2 Å². The van der Waals surface area contributed by atoms with Crippen molar-refractivity contribution in [1.82, 2.24) is 15.0 Å². The standard InChI is InChI=1S/C52H48N4/c53-31-32-1-2-45-24-44(8-7-43(45)23-32)39-3-5-40(6-4-39)48-54-49(41-9-13-46(14-10-41)51-25-33-17-34(26-51)19-35(18-33)27-51)56-50(55-48)42-11-15-47(16-12-42)52-28-36-20-37(29-52)22-38(21-36)30-52/h1-16,23-24,33-38H,17-22,25-30H2/t33-,34+,35?,36-,37+,38?,51?,52?. The number of fused-ring (bicyclic) bond motifs is 1. The molecule has 8 saturated carbocycles. The minimum absolute atomic E-state index is 0.369. The minimum Gasteiger partial charge on any atom is -0.208 e. The zero-order chi connectivity index (χ0) is 37.0. The highest BCUT2D eigenvalue weighted by Gasteiger charge is 2.52. The van der Waals surface area contributed by atoms with Crippen molar-refractivity contribution in [3.8, 4) is 51.4 Å². The summed E-state index contributed by atoms with van der Waals surface area (Å²) in [6.07, 6.45) is 17.0. The van der Waals surface area contributed by atoms with Gasteiger partial charge in [-0.3, -0.25) is 0 Å². The summed E-state index contributed by atoms with van der Waals surface area (Å²) in [7, 11) is 0. The Morgan fingerprint density at radius 3 is 1.14 bits per heavy atom. The van der Waals surface area contributed by atoms with Gasteiger partial charge < -0.3 is 0 Å². The summed E-state index contributed by atoms with van der Waals surface area (Å²) in [5, 5.41) is 11.5. The molecule has 0 saturated heterocycles. The first-order valence-electron chi connectivity index (χ1n) is 21.5. The normalized spacial score (nSPS) is 30.8. The molecule has 276 valence electrons. The molecule has 0 unspecified atom stereocenters. The Morgan fingerprint density at radius 1 is 0.393 bits per heavy atom. The molecule has 8 fully saturated rings. The van der Waals surface area contributed by atoms with Crippen LogP contribution in [0.4, 0.5) is 0 Å². The zero-order valence-corrected chi connectivity index (χ0v) is 32.1. The first-order valence-corrected chi connectivity index (χ1v) is 21.5. The minimum atomic E-state index is 0.369. The van der Waals surface area contributed by atoms with Gasteiger partial charge in [-0.15, -0.1) is 0 Å². The SMILES string of the molecule is N#Cc1ccc2cc(-c3ccc(-c4nc(-c5ccc(C67CC8C[C@H](C6)C[C@@H](C8)C7)cc5)nc(-c5ccc(C67CC8C[C@H](C6)C[C@@H](C8)C7)cc5)n4)cc3)ccc2c1. The van der Waals surface area contributed by atoms with Gasteiger partial charge in [0.05, 0.1) is 11.6 Å². The van der Waals surface area contributed by atoms with Gasteiger partial charge in [0.2, 0.25) is 0 Å². The van der Waals surface area contributed by atoms with E-state index in [4.69, 9.17) is 15.0 Å². The quantitative estimate of drug-likeness (QED) is 0.171. The van der Waals surface area contributed by atoms with Gasteiger partial charge in [0.25, 0.3) is 0 Å². The van der Waals surface area contributed by atoms with Gasteiger partial charge in [0.1, 0.15) is 0 Å². The first-order chi connectivity index (χ1) is 27.4. The van der Waals surface area contributed by atoms with Crippen LogP contribution in [0.2, 0.25) is 0 Å². The summed E-state index contributed by atoms with van der Waals surface area (Å²) >= 11 is 0. The van der Waals surface area contributed by atoms with E-state index in [1.807, 2.05) is 18.2 Å². The molecule has 56 heavy (non-hydrogen) atoms. The molecule has 4 heteroatoms. The number of hydrogen-bond donors (Lipinski definition) is 0. The maximum atomic E-state index is 9.34. The van der Waals surface area contributed by atoms with E-state index in [0.717, 1.165) is 85.7 Å². The lowest BCUT2D eigenvalue weighted by Crippen LogP contribution is -2.48. The van der Waals surface area contributed by atoms with Crippen LogP contribution in [-0.4, -0.2) is 15.0 Å². The fraction of sp³-hybridized carbons (Fsp3) is 0.385. The summed E-state index contributed by atoms with van der Waals surface area (Å²) in [5.74, 6) is 7.73. The number of benzene rings is 5. The van der Waals surface area contributed by atoms with Gasteiger partial charge in [-0.25, -0.2) is 15.0 Å². The van der Waals surface area contributed by atoms with E-state index in [2.05, 4.69) is 97.1 Å². The largest absolute Gasteiger partial charge is 0.208 e. The van der Waals surface area contributed by atoms with Crippen molar-refractivity contribution in [2.24, 2.45) is 35.5 Å². The van der Waals surface area contributed by atoms with Gasteiger partial charge >= 0.3 is 0 Å². The molecule has 0 N–H and O–H groups in total. The number of rotatable bonds is 6. The molecule has 14 rings (SSSR count). The van der Waals surface area contributed by atoms with E-state index in [-0.39, 0.29) is 0 Å². The van der Waals surface area contributed by atoms with Crippen molar-refractivity contribution >= 4 is 10.8 Å². The molecule has 1 heterocycles. The lowest BCUT2D eigenvalue weighted by molar-refractivity contribution is -0.00530. The molecular formula is C52H48N4. The first kappa shape index (κ1) is 33.0. The van der Waals surface area contributed by atoms with Crippen LogP contribution in [0.15, 0.2) is 109 Å². The maximum Gasteiger partial charge on any atom is 0.164 e. The van der Waals surface area contributed by atoms with Crippen LogP contribution >= 0.6 is 0 Å². The number of nitriles is 1. The van der Waals surface area contributed by atoms with Crippen LogP contribution in [0.3, 0.4) is 0 Å². The Balaban J connectivity index is 0.896. The van der Waals surface area contributed by atoms with E-state index in [0.29, 0.717) is 22.2 Å². The van der Waals surface area contributed by atoms with E-state index in [9.17, 15) is 5.26 Å². The zero-order valence-electron chi connectivity index (χ0n) is 32.1. The van der Waals surface area contributed by atoms with Crippen LogP contribution in [-0.2, 0) is 10.8 Å². The third-order valence-electron chi connectivity index (χ3n) is 15.7. The topological polar surface area (TPSA) is 62.5 Å². The second kappa shape index (κ2) is 12.4. The van der Waals surface area contributed by atoms with E-state index < -0.39 is 0 Å². The summed E-state index contributed by atoms with van der Waals surface area (Å²) in [4.78, 5) is 15.6. The summed E-state index contributed by atoms with van der Waals surface area (Å²) < 4.78 is 0. The molecule has 6 aromatic rings. The van der Waals surface area contributed by atoms with Crippen LogP contribution in [0, 0.1) is 46.8 Å². The van der Waals surface area contributed by atoms with Gasteiger partial charge in [-0.05, 0) is 175 Å². The highest BCUT2D eigenvalue weighted by atomic mass is 15.0. The molecule has 0 spiro atoms. The van der Waals surface area contributed by atoms with Crippen LogP contribution in [0.1, 0.15) is 93.7 Å². The van der Waals surface area contributed by atoms with Crippen molar-refractivity contribution in [1.29, 1.82) is 5.26 Å². The Hall–Kier alpha value is -5.14. The van der Waals surface area contributed by atoms with Crippen molar-refractivity contribution in [3.63, 3.8) is 0 Å². The molecule has 8 bridgehead atoms. The highest BCUT2D eigenvalue weighted by Crippen LogP contribution is 2.62. The van der Waals surface area contributed by atoms with E-state index >= 15 is 0 Å². The molecule has 5 aromatic carbocycles. The molecule has 0 amide bonds. The number of hydrogen-bond acceptors (Lipinski definition) is 4. The number of aromatic nitrogens is 3. The average molecular weight is 729 g/mol. The lowest BCUT2D eigenvalue weighted by atomic mass is 9.48. The Bertz CT molecular complexity index is 2360. The van der Waals surface area contributed by atoms with Gasteiger partial charge in [0, 0.05) is 16.7 Å². The van der Waals surface area contributed by atoms with Gasteiger partial charge in [-0.2, -0.15) is 5.26 Å². The predicted molar refractivity (Wildman–Crippen MR) is 223 cm³/mol. The molecule has 8 aliphatic rings. The van der Waals surface area contributed by atoms with Gasteiger partial charge in [0.15, 0.2) is 17.5 Å². The monoisotopic (exact) mass is 728 g/mol. The van der Waals surface area contributed by atoms with Crippen LogP contribution < -0.4 is 0 Å². The lowest BCUT2D eigenvalue weighted by Gasteiger charge is -2.57. The smallest absolute Gasteiger partial charge is 0.164 e. The maximum absolute atomic E-state index is 9.34. The Kier molecular flexibility index (Phi) is 7.33. The van der Waals surface area contributed by atoms with Crippen molar-refractivity contribution in [2.75, 3.05) is 0 Å². The molecule has 8 aliphatic carbocycles. The van der Waals surface area contributed by atoms with Crippen LogP contribution in [0.5, 0.6) is 0 Å². The molecule has 0 aliphatic heterocycles. The second-order valence-corrected chi connectivity index (χ2v) is 19.3. The predicted octanol–water partition coefficient (Wildman–Crippen LogP) is 12.5. The third kappa shape index (κ3) is 5.48. The second-order valence-electron chi connectivity index (χ2n) is 19.3. The van der Waals surface area contributed by atoms with Crippen LogP contribution in [0.25, 0.3) is 56.1 Å². The summed E-state index contributed by atoms with van der Waals surface area (Å²) in [6.45, 7) is 0. The fourth-order valence-electron chi connectivity index (χ4n) is 13.9. The molecule has 1 aromatic heterocycles. The summed E-state index contributed by atoms with van der Waals surface area (Å²) in [5.41, 5.74) is 9.85. The van der Waals surface area contributed by atoms with Crippen molar-refractivity contribution < 1.29 is 0 Å². The molecule has 0 atom stereocenters. The average Bonchev–Trinajstić information content (AvgIpc) is 3.22. The Morgan fingerprint density at radius 2 is 0.732 bits per heavy atom. The molecule has 0 radical (unpaired) electrons. The van der Waals surface area contributed by atoms with Gasteiger partial charge in [-0.1, -0.05) is 91.0 Å². The Labute approximate surface area is 330 Å². The fourth-order valence-corrected chi connectivity index (χ4v) is 13.9. The third-order valence-corrected chi connectivity index (χ3v) is 15.7. The molecule has 4 nitrogen and oxygen atoms in total. The number of nitrogens with zero attached hydrogens (tertiary/aromatic N) is 4.